The summed E-state index contributed by atoms with van der Waals surface area (Å²) in [6, 6.07) is 0. The second-order valence-electron chi connectivity index (χ2n) is 4.60. The van der Waals surface area contributed by atoms with Crippen molar-refractivity contribution in [3.8, 4) is 0 Å². The minimum Gasteiger partial charge on any atom is -0.361 e. The van der Waals surface area contributed by atoms with Crippen LogP contribution in [0.25, 0.3) is 0 Å². The Morgan fingerprint density at radius 1 is 1.53 bits per heavy atom. The number of carbonyl (C=O) groups is 1. The average Bonchev–Trinajstić information content (AvgIpc) is 2.94. The summed E-state index contributed by atoms with van der Waals surface area (Å²) in [5.41, 5.74) is 2.28. The van der Waals surface area contributed by atoms with Crippen LogP contribution >= 0.6 is 0 Å². The molecule has 0 unspecified atom stereocenters. The molecule has 0 fully saturated rings. The molecule has 0 spiro atoms. The Kier molecular flexibility index (Phi) is 3.69. The second kappa shape index (κ2) is 5.26. The molecule has 2 rings (SSSR count). The van der Waals surface area contributed by atoms with Crippen molar-refractivity contribution in [3.05, 3.63) is 35.0 Å². The first-order valence-corrected chi connectivity index (χ1v) is 6.21. The van der Waals surface area contributed by atoms with Gasteiger partial charge in [-0.25, -0.2) is 0 Å². The number of aromatic nitrogens is 3. The molecular weight excluding hydrogens is 244 g/mol. The summed E-state index contributed by atoms with van der Waals surface area (Å²) in [6.07, 6.45) is 4.33. The lowest BCUT2D eigenvalue weighted by molar-refractivity contribution is 0.0782. The molecule has 6 heteroatoms. The molecule has 0 aliphatic heterocycles. The maximum Gasteiger partial charge on any atom is 0.259 e. The van der Waals surface area contributed by atoms with Gasteiger partial charge in [0.1, 0.15) is 11.3 Å². The third-order valence-electron chi connectivity index (χ3n) is 3.01. The largest absolute Gasteiger partial charge is 0.361 e. The van der Waals surface area contributed by atoms with Gasteiger partial charge in [0.2, 0.25) is 0 Å². The van der Waals surface area contributed by atoms with Gasteiger partial charge in [-0.2, -0.15) is 5.10 Å². The normalized spacial score (nSPS) is 10.7. The number of nitrogens with zero attached hydrogens (tertiary/aromatic N) is 4. The van der Waals surface area contributed by atoms with Crippen molar-refractivity contribution in [1.29, 1.82) is 0 Å². The molecule has 2 heterocycles. The standard InChI is InChI=1S/C13H18N4O2/c1-5-11-12(9(2)19-15-11)13(18)16(3)7-10-6-14-17(4)8-10/h6,8H,5,7H2,1-4H3. The molecule has 0 radical (unpaired) electrons. The summed E-state index contributed by atoms with van der Waals surface area (Å²) < 4.78 is 6.82. The topological polar surface area (TPSA) is 64.2 Å². The van der Waals surface area contributed by atoms with E-state index in [1.807, 2.05) is 20.2 Å². The minimum absolute atomic E-state index is 0.0700. The number of rotatable bonds is 4. The van der Waals surface area contributed by atoms with Crippen LogP contribution in [-0.4, -0.2) is 32.8 Å². The lowest BCUT2D eigenvalue weighted by Gasteiger charge is -2.16. The van der Waals surface area contributed by atoms with E-state index in [1.165, 1.54) is 0 Å². The number of hydrogen-bond acceptors (Lipinski definition) is 4. The fraction of sp³-hybridized carbons (Fsp3) is 0.462. The SMILES string of the molecule is CCc1noc(C)c1C(=O)N(C)Cc1cnn(C)c1. The smallest absolute Gasteiger partial charge is 0.259 e. The molecule has 0 aliphatic rings. The Morgan fingerprint density at radius 2 is 2.26 bits per heavy atom. The molecule has 1 amide bonds. The Morgan fingerprint density at radius 3 is 2.84 bits per heavy atom. The first-order chi connectivity index (χ1) is 9.02. The van der Waals surface area contributed by atoms with E-state index in [4.69, 9.17) is 4.52 Å². The highest BCUT2D eigenvalue weighted by atomic mass is 16.5. The Labute approximate surface area is 112 Å². The van der Waals surface area contributed by atoms with Crippen molar-refractivity contribution in [2.75, 3.05) is 7.05 Å². The predicted octanol–water partition coefficient (Wildman–Crippen LogP) is 1.55. The maximum atomic E-state index is 12.4. The van der Waals surface area contributed by atoms with Crippen molar-refractivity contribution in [1.82, 2.24) is 19.8 Å². The van der Waals surface area contributed by atoms with Gasteiger partial charge in [-0.05, 0) is 13.3 Å². The van der Waals surface area contributed by atoms with Gasteiger partial charge in [0, 0.05) is 32.4 Å². The molecule has 6 nitrogen and oxygen atoms in total. The lowest BCUT2D eigenvalue weighted by atomic mass is 10.1. The van der Waals surface area contributed by atoms with Gasteiger partial charge in [-0.3, -0.25) is 9.48 Å². The molecular formula is C13H18N4O2. The molecule has 0 aromatic carbocycles. The average molecular weight is 262 g/mol. The predicted molar refractivity (Wildman–Crippen MR) is 69.6 cm³/mol. The zero-order chi connectivity index (χ0) is 14.0. The van der Waals surface area contributed by atoms with E-state index in [0.717, 1.165) is 5.56 Å². The number of aryl methyl sites for hydroxylation is 3. The van der Waals surface area contributed by atoms with Crippen LogP contribution in [0.15, 0.2) is 16.9 Å². The summed E-state index contributed by atoms with van der Waals surface area (Å²) in [5, 5.41) is 8.00. The molecule has 2 aromatic heterocycles. The first kappa shape index (κ1) is 13.3. The molecule has 2 aromatic rings. The number of amides is 1. The van der Waals surface area contributed by atoms with Gasteiger partial charge in [-0.15, -0.1) is 0 Å². The van der Waals surface area contributed by atoms with Crippen LogP contribution in [0.4, 0.5) is 0 Å². The monoisotopic (exact) mass is 262 g/mol. The van der Waals surface area contributed by atoms with Crippen LogP contribution in [0.2, 0.25) is 0 Å². The lowest BCUT2D eigenvalue weighted by Crippen LogP contribution is -2.27. The van der Waals surface area contributed by atoms with Gasteiger partial charge < -0.3 is 9.42 Å². The maximum absolute atomic E-state index is 12.4. The van der Waals surface area contributed by atoms with E-state index >= 15 is 0 Å². The van der Waals surface area contributed by atoms with Gasteiger partial charge in [0.25, 0.3) is 5.91 Å². The van der Waals surface area contributed by atoms with E-state index < -0.39 is 0 Å². The van der Waals surface area contributed by atoms with Crippen LogP contribution in [0.1, 0.15) is 34.3 Å². The molecule has 0 saturated carbocycles. The van der Waals surface area contributed by atoms with Gasteiger partial charge in [-0.1, -0.05) is 12.1 Å². The van der Waals surface area contributed by atoms with Gasteiger partial charge in [0.05, 0.1) is 11.9 Å². The fourth-order valence-corrected chi connectivity index (χ4v) is 2.02. The zero-order valence-electron chi connectivity index (χ0n) is 11.7. The van der Waals surface area contributed by atoms with Crippen molar-refractivity contribution < 1.29 is 9.32 Å². The third-order valence-corrected chi connectivity index (χ3v) is 3.01. The van der Waals surface area contributed by atoms with Crippen molar-refractivity contribution in [2.24, 2.45) is 7.05 Å². The Balaban J connectivity index is 2.16. The summed E-state index contributed by atoms with van der Waals surface area (Å²) in [4.78, 5) is 14.1. The summed E-state index contributed by atoms with van der Waals surface area (Å²) >= 11 is 0. The number of carbonyl (C=O) groups excluding carboxylic acids is 1. The fourth-order valence-electron chi connectivity index (χ4n) is 2.02. The van der Waals surface area contributed by atoms with Gasteiger partial charge >= 0.3 is 0 Å². The van der Waals surface area contributed by atoms with Crippen molar-refractivity contribution in [3.63, 3.8) is 0 Å². The first-order valence-electron chi connectivity index (χ1n) is 6.21. The highest BCUT2D eigenvalue weighted by Gasteiger charge is 2.22. The van der Waals surface area contributed by atoms with Gasteiger partial charge in [0.15, 0.2) is 0 Å². The van der Waals surface area contributed by atoms with Crippen LogP contribution in [0.5, 0.6) is 0 Å². The van der Waals surface area contributed by atoms with Crippen LogP contribution in [-0.2, 0) is 20.0 Å². The quantitative estimate of drug-likeness (QED) is 0.838. The molecule has 102 valence electrons. The van der Waals surface area contributed by atoms with Crippen LogP contribution < -0.4 is 0 Å². The van der Waals surface area contributed by atoms with E-state index in [-0.39, 0.29) is 5.91 Å². The highest BCUT2D eigenvalue weighted by Crippen LogP contribution is 2.17. The Bertz CT molecular complexity index is 585. The summed E-state index contributed by atoms with van der Waals surface area (Å²) in [6.45, 7) is 4.23. The molecule has 0 bridgehead atoms. The van der Waals surface area contributed by atoms with E-state index in [2.05, 4.69) is 10.3 Å². The van der Waals surface area contributed by atoms with Crippen molar-refractivity contribution in [2.45, 2.75) is 26.8 Å². The molecule has 0 atom stereocenters. The van der Waals surface area contributed by atoms with E-state index in [9.17, 15) is 4.79 Å². The second-order valence-corrected chi connectivity index (χ2v) is 4.60. The molecule has 19 heavy (non-hydrogen) atoms. The van der Waals surface area contributed by atoms with E-state index in [1.54, 1.807) is 29.7 Å². The third kappa shape index (κ3) is 2.67. The van der Waals surface area contributed by atoms with Crippen LogP contribution in [0.3, 0.4) is 0 Å². The highest BCUT2D eigenvalue weighted by molar-refractivity contribution is 5.96. The van der Waals surface area contributed by atoms with E-state index in [0.29, 0.717) is 30.0 Å². The Hall–Kier alpha value is -2.11. The molecule has 0 saturated heterocycles. The molecule has 0 N–H and O–H groups in total. The van der Waals surface area contributed by atoms with Crippen LogP contribution in [0, 0.1) is 6.92 Å². The zero-order valence-corrected chi connectivity index (χ0v) is 11.7. The minimum atomic E-state index is -0.0700. The molecule has 0 aliphatic carbocycles. The number of hydrogen-bond donors (Lipinski definition) is 0. The van der Waals surface area contributed by atoms with Crippen molar-refractivity contribution >= 4 is 5.91 Å². The summed E-state index contributed by atoms with van der Waals surface area (Å²) in [7, 11) is 3.62. The summed E-state index contributed by atoms with van der Waals surface area (Å²) in [5.74, 6) is 0.499.